The predicted octanol–water partition coefficient (Wildman–Crippen LogP) is 3.01. The lowest BCUT2D eigenvalue weighted by molar-refractivity contribution is -0.137. The summed E-state index contributed by atoms with van der Waals surface area (Å²) in [5, 5.41) is 31.7. The van der Waals surface area contributed by atoms with Crippen LogP contribution >= 0.6 is 0 Å². The van der Waals surface area contributed by atoms with Gasteiger partial charge in [-0.2, -0.15) is 13.2 Å². The van der Waals surface area contributed by atoms with Crippen LogP contribution in [-0.2, 0) is 24.1 Å². The second-order valence-corrected chi connectivity index (χ2v) is 7.04. The fraction of sp³-hybridized carbons (Fsp3) is 0.500. The van der Waals surface area contributed by atoms with Gasteiger partial charge in [-0.25, -0.2) is 4.98 Å². The van der Waals surface area contributed by atoms with Gasteiger partial charge in [0, 0.05) is 17.3 Å². The van der Waals surface area contributed by atoms with Crippen molar-refractivity contribution in [3.63, 3.8) is 0 Å². The number of anilines is 1. The summed E-state index contributed by atoms with van der Waals surface area (Å²) >= 11 is 0. The molecule has 0 aromatic carbocycles. The highest BCUT2D eigenvalue weighted by atomic mass is 19.4. The van der Waals surface area contributed by atoms with Crippen molar-refractivity contribution < 1.29 is 28.1 Å². The Morgan fingerprint density at radius 1 is 1.07 bits per heavy atom. The first-order valence-corrected chi connectivity index (χ1v) is 9.02. The molecular weight excluding hydrogens is 377 g/mol. The van der Waals surface area contributed by atoms with E-state index in [0.29, 0.717) is 35.6 Å². The number of aliphatic hydroxyl groups is 1. The normalized spacial score (nSPS) is 22.1. The van der Waals surface area contributed by atoms with E-state index in [1.54, 1.807) is 0 Å². The summed E-state index contributed by atoms with van der Waals surface area (Å²) in [5.74, 6) is -0.143. The number of nitrogens with zero attached hydrogens (tertiary/aromatic N) is 3. The van der Waals surface area contributed by atoms with E-state index in [1.165, 1.54) is 0 Å². The van der Waals surface area contributed by atoms with Crippen molar-refractivity contribution in [3.05, 3.63) is 29.0 Å². The van der Waals surface area contributed by atoms with Crippen molar-refractivity contribution in [3.8, 4) is 17.1 Å². The Morgan fingerprint density at radius 3 is 2.54 bits per heavy atom. The minimum Gasteiger partial charge on any atom is -0.506 e. The molecule has 150 valence electrons. The molecule has 0 amide bonds. The molecule has 4 rings (SSSR count). The van der Waals surface area contributed by atoms with Crippen LogP contribution in [0.15, 0.2) is 12.3 Å². The Labute approximate surface area is 158 Å². The van der Waals surface area contributed by atoms with Crippen molar-refractivity contribution >= 4 is 5.82 Å². The first kappa shape index (κ1) is 18.9. The van der Waals surface area contributed by atoms with Crippen LogP contribution in [0.2, 0.25) is 0 Å². The Morgan fingerprint density at radius 2 is 1.82 bits per heavy atom. The molecule has 10 heteroatoms. The SMILES string of the molecule is Oc1cc(C(F)(F)F)cnc1-c1nnc(NC2CCCCC2O)c2c1COC2. The maximum atomic E-state index is 12.8. The van der Waals surface area contributed by atoms with Crippen LogP contribution in [0.4, 0.5) is 19.0 Å². The Bertz CT molecular complexity index is 891. The number of alkyl halides is 3. The summed E-state index contributed by atoms with van der Waals surface area (Å²) in [7, 11) is 0. The third-order valence-corrected chi connectivity index (χ3v) is 5.15. The Hall–Kier alpha value is -2.46. The average molecular weight is 396 g/mol. The van der Waals surface area contributed by atoms with Crippen LogP contribution in [0.1, 0.15) is 42.4 Å². The van der Waals surface area contributed by atoms with E-state index in [-0.39, 0.29) is 30.6 Å². The zero-order valence-corrected chi connectivity index (χ0v) is 14.8. The molecule has 1 fully saturated rings. The van der Waals surface area contributed by atoms with E-state index in [9.17, 15) is 23.4 Å². The molecule has 7 nitrogen and oxygen atoms in total. The number of aliphatic hydroxyl groups excluding tert-OH is 1. The number of rotatable bonds is 3. The van der Waals surface area contributed by atoms with Gasteiger partial charge in [0.05, 0.1) is 30.9 Å². The molecule has 0 radical (unpaired) electrons. The number of aromatic nitrogens is 3. The molecule has 2 aliphatic rings. The number of aromatic hydroxyl groups is 1. The molecule has 2 atom stereocenters. The fourth-order valence-corrected chi connectivity index (χ4v) is 3.62. The fourth-order valence-electron chi connectivity index (χ4n) is 3.62. The molecule has 3 heterocycles. The third-order valence-electron chi connectivity index (χ3n) is 5.15. The van der Waals surface area contributed by atoms with Crippen LogP contribution in [0.5, 0.6) is 5.75 Å². The number of fused-ring (bicyclic) bond motifs is 1. The smallest absolute Gasteiger partial charge is 0.418 e. The zero-order chi connectivity index (χ0) is 19.9. The summed E-state index contributed by atoms with van der Waals surface area (Å²) in [6, 6.07) is 0.479. The topological polar surface area (TPSA) is 100 Å². The van der Waals surface area contributed by atoms with Gasteiger partial charge in [-0.15, -0.1) is 10.2 Å². The lowest BCUT2D eigenvalue weighted by atomic mass is 9.92. The summed E-state index contributed by atoms with van der Waals surface area (Å²) in [5.41, 5.74) is 0.397. The van der Waals surface area contributed by atoms with Crippen LogP contribution in [0.3, 0.4) is 0 Å². The standard InChI is InChI=1S/C18H19F3N4O3/c19-18(20,21)9-5-14(27)16(22-6-9)15-10-7-28-8-11(10)17(25-24-15)23-12-3-1-2-4-13(12)26/h5-6,12-13,26-27H,1-4,7-8H2,(H,23,25). The largest absolute Gasteiger partial charge is 0.506 e. The first-order chi connectivity index (χ1) is 13.3. The molecule has 2 aromatic heterocycles. The van der Waals surface area contributed by atoms with E-state index in [2.05, 4.69) is 20.5 Å². The van der Waals surface area contributed by atoms with E-state index in [0.717, 1.165) is 19.3 Å². The molecule has 1 saturated carbocycles. The molecule has 1 aliphatic heterocycles. The van der Waals surface area contributed by atoms with Crippen molar-refractivity contribution in [2.45, 2.75) is 57.2 Å². The monoisotopic (exact) mass is 396 g/mol. The molecule has 0 spiro atoms. The number of hydrogen-bond donors (Lipinski definition) is 3. The molecule has 28 heavy (non-hydrogen) atoms. The highest BCUT2D eigenvalue weighted by Crippen LogP contribution is 2.38. The number of pyridine rings is 1. The number of nitrogens with one attached hydrogen (secondary N) is 1. The van der Waals surface area contributed by atoms with Gasteiger partial charge < -0.3 is 20.3 Å². The second-order valence-electron chi connectivity index (χ2n) is 7.04. The van der Waals surface area contributed by atoms with Gasteiger partial charge in [-0.3, -0.25) is 0 Å². The van der Waals surface area contributed by atoms with Gasteiger partial charge in [-0.05, 0) is 18.9 Å². The van der Waals surface area contributed by atoms with Crippen LogP contribution in [0, 0.1) is 0 Å². The molecule has 2 aromatic rings. The summed E-state index contributed by atoms with van der Waals surface area (Å²) in [6.45, 7) is 0.439. The zero-order valence-electron chi connectivity index (χ0n) is 14.8. The van der Waals surface area contributed by atoms with Crippen molar-refractivity contribution in [1.82, 2.24) is 15.2 Å². The van der Waals surface area contributed by atoms with E-state index >= 15 is 0 Å². The first-order valence-electron chi connectivity index (χ1n) is 9.02. The van der Waals surface area contributed by atoms with Crippen molar-refractivity contribution in [2.75, 3.05) is 5.32 Å². The summed E-state index contributed by atoms with van der Waals surface area (Å²) in [6.07, 6.45) is -0.926. The minimum atomic E-state index is -4.60. The van der Waals surface area contributed by atoms with Crippen molar-refractivity contribution in [1.29, 1.82) is 0 Å². The lowest BCUT2D eigenvalue weighted by Crippen LogP contribution is -2.37. The lowest BCUT2D eigenvalue weighted by Gasteiger charge is -2.29. The molecule has 0 bridgehead atoms. The van der Waals surface area contributed by atoms with E-state index in [4.69, 9.17) is 4.74 Å². The highest BCUT2D eigenvalue weighted by molar-refractivity contribution is 5.69. The Balaban J connectivity index is 1.68. The quantitative estimate of drug-likeness (QED) is 0.733. The molecule has 0 saturated heterocycles. The predicted molar refractivity (Wildman–Crippen MR) is 92.3 cm³/mol. The van der Waals surface area contributed by atoms with Gasteiger partial charge in [0.1, 0.15) is 17.1 Å². The maximum Gasteiger partial charge on any atom is 0.418 e. The van der Waals surface area contributed by atoms with Crippen molar-refractivity contribution in [2.24, 2.45) is 0 Å². The second kappa shape index (κ2) is 7.17. The average Bonchev–Trinajstić information content (AvgIpc) is 3.13. The van der Waals surface area contributed by atoms with Gasteiger partial charge in [0.15, 0.2) is 5.82 Å². The molecule has 1 aliphatic carbocycles. The molecule has 3 N–H and O–H groups in total. The maximum absolute atomic E-state index is 12.8. The third kappa shape index (κ3) is 3.49. The molecular formula is C18H19F3N4O3. The van der Waals surface area contributed by atoms with Crippen LogP contribution in [-0.4, -0.2) is 37.5 Å². The number of ether oxygens (including phenoxy) is 1. The van der Waals surface area contributed by atoms with Crippen LogP contribution < -0.4 is 5.32 Å². The van der Waals surface area contributed by atoms with E-state index < -0.39 is 23.6 Å². The van der Waals surface area contributed by atoms with Gasteiger partial charge >= 0.3 is 6.18 Å². The molecule has 2 unspecified atom stereocenters. The highest BCUT2D eigenvalue weighted by Gasteiger charge is 2.33. The summed E-state index contributed by atoms with van der Waals surface area (Å²) in [4.78, 5) is 3.76. The van der Waals surface area contributed by atoms with Gasteiger partial charge in [0.2, 0.25) is 0 Å². The van der Waals surface area contributed by atoms with Crippen LogP contribution in [0.25, 0.3) is 11.4 Å². The van der Waals surface area contributed by atoms with E-state index in [1.807, 2.05) is 0 Å². The van der Waals surface area contributed by atoms with Gasteiger partial charge in [-0.1, -0.05) is 12.8 Å². The Kier molecular flexibility index (Phi) is 4.84. The number of hydrogen-bond acceptors (Lipinski definition) is 7. The van der Waals surface area contributed by atoms with Gasteiger partial charge in [0.25, 0.3) is 0 Å². The minimum absolute atomic E-state index is 0.0773. The summed E-state index contributed by atoms with van der Waals surface area (Å²) < 4.78 is 43.9. The number of halogens is 3.